The Morgan fingerprint density at radius 2 is 1.79 bits per heavy atom. The van der Waals surface area contributed by atoms with Crippen LogP contribution in [0.2, 0.25) is 10.0 Å². The Kier molecular flexibility index (Phi) is 5.13. The van der Waals surface area contributed by atoms with Crippen molar-refractivity contribution in [1.82, 2.24) is 0 Å². The number of nitrogens with two attached hydrogens (primary N) is 1. The molecule has 1 aliphatic rings. The first-order valence-corrected chi connectivity index (χ1v) is 9.87. The second kappa shape index (κ2) is 6.89. The molecule has 1 heterocycles. The number of alkyl halides is 3. The highest BCUT2D eigenvalue weighted by Gasteiger charge is 2.59. The molecule has 150 valence electrons. The minimum Gasteiger partial charge on any atom is -0.361 e. The Bertz CT molecular complexity index is 1080. The number of hydrogen-bond donors (Lipinski definition) is 2. The Morgan fingerprint density at radius 1 is 1.14 bits per heavy atom. The zero-order valence-electron chi connectivity index (χ0n) is 13.8. The van der Waals surface area contributed by atoms with E-state index in [1.54, 1.807) is 0 Å². The third kappa shape index (κ3) is 3.70. The van der Waals surface area contributed by atoms with Gasteiger partial charge in [0, 0.05) is 5.56 Å². The second-order valence-corrected chi connectivity index (χ2v) is 8.32. The highest BCUT2D eigenvalue weighted by atomic mass is 35.5. The van der Waals surface area contributed by atoms with Gasteiger partial charge in [-0.05, 0) is 30.3 Å². The molecule has 0 spiro atoms. The summed E-state index contributed by atoms with van der Waals surface area (Å²) in [5.74, 6) is -0.338. The molecule has 1 unspecified atom stereocenters. The second-order valence-electron chi connectivity index (χ2n) is 5.98. The van der Waals surface area contributed by atoms with Crippen LogP contribution in [0, 0.1) is 0 Å². The van der Waals surface area contributed by atoms with E-state index in [1.807, 2.05) is 0 Å². The van der Waals surface area contributed by atoms with Crippen LogP contribution >= 0.6 is 23.2 Å². The lowest BCUT2D eigenvalue weighted by Gasteiger charge is -2.26. The molecule has 0 radical (unpaired) electrons. The maximum atomic E-state index is 13.4. The van der Waals surface area contributed by atoms with Gasteiger partial charge in [-0.15, -0.1) is 0 Å². The first-order chi connectivity index (χ1) is 12.8. The van der Waals surface area contributed by atoms with Gasteiger partial charge in [-0.3, -0.25) is 0 Å². The van der Waals surface area contributed by atoms with Gasteiger partial charge in [-0.2, -0.15) is 13.2 Å². The van der Waals surface area contributed by atoms with E-state index in [1.165, 1.54) is 36.4 Å². The van der Waals surface area contributed by atoms with E-state index in [4.69, 9.17) is 28.3 Å². The number of halogens is 5. The van der Waals surface area contributed by atoms with Gasteiger partial charge >= 0.3 is 6.18 Å². The highest BCUT2D eigenvalue weighted by molar-refractivity contribution is 7.89. The summed E-state index contributed by atoms with van der Waals surface area (Å²) < 4.78 is 64.1. The summed E-state index contributed by atoms with van der Waals surface area (Å²) in [4.78, 5) is 3.95. The van der Waals surface area contributed by atoms with Crippen molar-refractivity contribution in [2.24, 2.45) is 10.1 Å². The van der Waals surface area contributed by atoms with E-state index in [2.05, 4.69) is 4.99 Å². The summed E-state index contributed by atoms with van der Waals surface area (Å²) in [7, 11) is -4.27. The number of rotatable bonds is 3. The Balaban J connectivity index is 2.23. The summed E-state index contributed by atoms with van der Waals surface area (Å²) in [5.41, 5.74) is -3.53. The van der Waals surface area contributed by atoms with Crippen LogP contribution in [0.5, 0.6) is 0 Å². The van der Waals surface area contributed by atoms with E-state index in [0.29, 0.717) is 0 Å². The summed E-state index contributed by atoms with van der Waals surface area (Å²) in [5, 5.41) is 15.5. The van der Waals surface area contributed by atoms with Crippen LogP contribution in [0.3, 0.4) is 0 Å². The van der Waals surface area contributed by atoms with Gasteiger partial charge in [0.15, 0.2) is 0 Å². The number of primary sulfonamides is 1. The van der Waals surface area contributed by atoms with Gasteiger partial charge in [0.1, 0.15) is 10.7 Å². The Hall–Kier alpha value is -1.85. The fourth-order valence-electron chi connectivity index (χ4n) is 2.69. The van der Waals surface area contributed by atoms with E-state index in [-0.39, 0.29) is 27.1 Å². The zero-order valence-corrected chi connectivity index (χ0v) is 16.1. The predicted molar refractivity (Wildman–Crippen MR) is 99.2 cm³/mol. The van der Waals surface area contributed by atoms with Crippen LogP contribution in [-0.4, -0.2) is 37.8 Å². The van der Waals surface area contributed by atoms with Crippen molar-refractivity contribution in [3.63, 3.8) is 0 Å². The van der Waals surface area contributed by atoms with Gasteiger partial charge in [0.25, 0.3) is 5.72 Å². The van der Waals surface area contributed by atoms with Crippen LogP contribution < -0.4 is 10.0 Å². The van der Waals surface area contributed by atoms with Gasteiger partial charge < -0.3 is 10.0 Å². The average molecular weight is 454 g/mol. The largest absolute Gasteiger partial charge is 0.440 e. The summed E-state index contributed by atoms with van der Waals surface area (Å²) in [6.45, 7) is -1.07. The molecule has 0 aliphatic carbocycles. The first-order valence-electron chi connectivity index (χ1n) is 7.57. The molecule has 28 heavy (non-hydrogen) atoms. The lowest BCUT2D eigenvalue weighted by molar-refractivity contribution is -0.249. The fraction of sp³-hybridized carbons (Fsp3) is 0.188. The smallest absolute Gasteiger partial charge is 0.361 e. The number of para-hydroxylation sites is 1. The molecule has 0 saturated carbocycles. The molecule has 2 aromatic rings. The molecule has 0 fully saturated rings. The number of β-amino-alcohol motifs (C(OH)–C–C–N with tert-alkyl or cyclic N) is 1. The van der Waals surface area contributed by atoms with Crippen molar-refractivity contribution in [1.29, 1.82) is 0 Å². The van der Waals surface area contributed by atoms with Crippen LogP contribution in [0.1, 0.15) is 5.56 Å². The number of aliphatic imine (C=N–C) groups is 1. The first kappa shape index (κ1) is 20.9. The van der Waals surface area contributed by atoms with Crippen molar-refractivity contribution >= 4 is 44.7 Å². The molecule has 1 atom stereocenters. The Labute approximate surface area is 168 Å². The summed E-state index contributed by atoms with van der Waals surface area (Å²) in [6, 6.07) is 9.14. The van der Waals surface area contributed by atoms with E-state index < -0.39 is 33.4 Å². The lowest BCUT2D eigenvalue weighted by atomic mass is 10.1. The molecule has 0 saturated heterocycles. The molecule has 0 amide bonds. The summed E-state index contributed by atoms with van der Waals surface area (Å²) >= 11 is 11.8. The van der Waals surface area contributed by atoms with Crippen LogP contribution in [0.25, 0.3) is 0 Å². The maximum Gasteiger partial charge on any atom is 0.440 e. The molecule has 1 aliphatic heterocycles. The number of aliphatic hydroxyl groups is 1. The van der Waals surface area contributed by atoms with E-state index in [9.17, 15) is 26.7 Å². The van der Waals surface area contributed by atoms with E-state index >= 15 is 0 Å². The maximum absolute atomic E-state index is 13.4. The number of benzene rings is 2. The SMILES string of the molecule is NS(=O)(=O)c1ccccc1N1CC(O)(C(F)(F)F)N=C1c1ccc(Cl)c(Cl)c1. The normalized spacial score (nSPS) is 20.4. The van der Waals surface area contributed by atoms with Gasteiger partial charge in [0.05, 0.1) is 22.3 Å². The number of anilines is 1. The monoisotopic (exact) mass is 453 g/mol. The van der Waals surface area contributed by atoms with Crippen LogP contribution in [0.15, 0.2) is 52.4 Å². The Morgan fingerprint density at radius 3 is 2.36 bits per heavy atom. The topological polar surface area (TPSA) is 96.0 Å². The molecule has 0 aromatic heterocycles. The molecule has 0 bridgehead atoms. The van der Waals surface area contributed by atoms with E-state index in [0.717, 1.165) is 11.0 Å². The molecular weight excluding hydrogens is 442 g/mol. The predicted octanol–water partition coefficient (Wildman–Crippen LogP) is 3.16. The third-order valence-electron chi connectivity index (χ3n) is 4.02. The van der Waals surface area contributed by atoms with Crippen molar-refractivity contribution < 1.29 is 26.7 Å². The van der Waals surface area contributed by atoms with Gasteiger partial charge in [-0.1, -0.05) is 35.3 Å². The van der Waals surface area contributed by atoms with Crippen molar-refractivity contribution in [2.75, 3.05) is 11.4 Å². The minimum absolute atomic E-state index is 0.0454. The number of sulfonamides is 1. The highest BCUT2D eigenvalue weighted by Crippen LogP contribution is 2.40. The van der Waals surface area contributed by atoms with Gasteiger partial charge in [-0.25, -0.2) is 18.5 Å². The number of amidine groups is 1. The molecule has 6 nitrogen and oxygen atoms in total. The number of hydrogen-bond acceptors (Lipinski definition) is 5. The quantitative estimate of drug-likeness (QED) is 0.745. The van der Waals surface area contributed by atoms with Gasteiger partial charge in [0.2, 0.25) is 10.0 Å². The minimum atomic E-state index is -5.11. The fourth-order valence-corrected chi connectivity index (χ4v) is 3.73. The molecule has 3 N–H and O–H groups in total. The molecule has 2 aromatic carbocycles. The zero-order chi connectivity index (χ0) is 20.9. The van der Waals surface area contributed by atoms with Crippen molar-refractivity contribution in [3.8, 4) is 0 Å². The third-order valence-corrected chi connectivity index (χ3v) is 5.72. The van der Waals surface area contributed by atoms with Crippen LogP contribution in [0.4, 0.5) is 18.9 Å². The average Bonchev–Trinajstić information content (AvgIpc) is 2.95. The van der Waals surface area contributed by atoms with Crippen LogP contribution in [-0.2, 0) is 10.0 Å². The lowest BCUT2D eigenvalue weighted by Crippen LogP contribution is -2.48. The van der Waals surface area contributed by atoms with Crippen molar-refractivity contribution in [3.05, 3.63) is 58.1 Å². The summed E-state index contributed by atoms with van der Waals surface area (Å²) in [6.07, 6.45) is -5.11. The molecule has 3 rings (SSSR count). The standard InChI is InChI=1S/C16H12Cl2F3N3O3S/c17-10-6-5-9(7-11(10)18)14-23-15(25,16(19,20)21)8-24(14)12-3-1-2-4-13(12)28(22,26)27/h1-7,25H,8H2,(H2,22,26,27). The number of nitrogens with zero attached hydrogens (tertiary/aromatic N) is 2. The van der Waals surface area contributed by atoms with Crippen molar-refractivity contribution in [2.45, 2.75) is 16.8 Å². The molecular formula is C16H12Cl2F3N3O3S. The molecule has 12 heteroatoms.